The number of aromatic amines is 1. The molecule has 1 atom stereocenters. The Balaban J connectivity index is 2.35. The number of nitrogens with one attached hydrogen (secondary N) is 3. The van der Waals surface area contributed by atoms with Crippen LogP contribution in [0.1, 0.15) is 17.4 Å². The first-order valence-corrected chi connectivity index (χ1v) is 4.05. The first-order valence-electron chi connectivity index (χ1n) is 4.05. The first-order chi connectivity index (χ1) is 6.24. The predicted octanol–water partition coefficient (Wildman–Crippen LogP) is -0.858. The third-order valence-corrected chi connectivity index (χ3v) is 1.71. The SMILES string of the molecule is CNC(C)CNC(=O)c1cn[nH]n1. The van der Waals surface area contributed by atoms with Crippen LogP contribution in [0.5, 0.6) is 0 Å². The van der Waals surface area contributed by atoms with Crippen molar-refractivity contribution in [1.29, 1.82) is 0 Å². The summed E-state index contributed by atoms with van der Waals surface area (Å²) in [6.45, 7) is 2.55. The van der Waals surface area contributed by atoms with Crippen molar-refractivity contribution in [2.75, 3.05) is 13.6 Å². The van der Waals surface area contributed by atoms with Crippen LogP contribution in [-0.4, -0.2) is 41.0 Å². The summed E-state index contributed by atoms with van der Waals surface area (Å²) in [6, 6.07) is 0.246. The van der Waals surface area contributed by atoms with E-state index < -0.39 is 0 Å². The molecule has 72 valence electrons. The normalized spacial score (nSPS) is 12.5. The summed E-state index contributed by atoms with van der Waals surface area (Å²) in [4.78, 5) is 11.3. The van der Waals surface area contributed by atoms with Gasteiger partial charge in [0.2, 0.25) is 0 Å². The lowest BCUT2D eigenvalue weighted by Gasteiger charge is -2.09. The third kappa shape index (κ3) is 2.83. The quantitative estimate of drug-likeness (QED) is 0.567. The van der Waals surface area contributed by atoms with Gasteiger partial charge < -0.3 is 10.6 Å². The summed E-state index contributed by atoms with van der Waals surface area (Å²) in [5, 5.41) is 15.3. The molecule has 0 aliphatic heterocycles. The van der Waals surface area contributed by atoms with E-state index in [1.165, 1.54) is 6.20 Å². The molecule has 1 aromatic rings. The van der Waals surface area contributed by atoms with Crippen molar-refractivity contribution in [3.63, 3.8) is 0 Å². The van der Waals surface area contributed by atoms with Crippen molar-refractivity contribution >= 4 is 5.91 Å². The van der Waals surface area contributed by atoms with Gasteiger partial charge in [-0.3, -0.25) is 4.79 Å². The van der Waals surface area contributed by atoms with Gasteiger partial charge in [0.25, 0.3) is 5.91 Å². The van der Waals surface area contributed by atoms with Gasteiger partial charge in [-0.2, -0.15) is 15.4 Å². The maximum Gasteiger partial charge on any atom is 0.273 e. The summed E-state index contributed by atoms with van der Waals surface area (Å²) in [5.41, 5.74) is 0.309. The molecule has 1 amide bonds. The number of rotatable bonds is 4. The summed E-state index contributed by atoms with van der Waals surface area (Å²) in [7, 11) is 1.84. The van der Waals surface area contributed by atoms with Crippen molar-refractivity contribution in [3.05, 3.63) is 11.9 Å². The molecule has 1 heterocycles. The molecule has 0 aliphatic carbocycles. The van der Waals surface area contributed by atoms with Crippen molar-refractivity contribution in [2.24, 2.45) is 0 Å². The lowest BCUT2D eigenvalue weighted by molar-refractivity contribution is 0.0945. The van der Waals surface area contributed by atoms with Gasteiger partial charge in [-0.25, -0.2) is 0 Å². The topological polar surface area (TPSA) is 82.7 Å². The molecule has 0 aromatic carbocycles. The van der Waals surface area contributed by atoms with Crippen LogP contribution in [0, 0.1) is 0 Å². The number of carbonyl (C=O) groups excluding carboxylic acids is 1. The molecule has 6 nitrogen and oxygen atoms in total. The van der Waals surface area contributed by atoms with Gasteiger partial charge in [0.05, 0.1) is 6.20 Å². The molecule has 1 rings (SSSR count). The van der Waals surface area contributed by atoms with Crippen molar-refractivity contribution in [1.82, 2.24) is 26.0 Å². The van der Waals surface area contributed by atoms with Crippen LogP contribution in [0.25, 0.3) is 0 Å². The number of hydrogen-bond donors (Lipinski definition) is 3. The Morgan fingerprint density at radius 3 is 3.08 bits per heavy atom. The Kier molecular flexibility index (Phi) is 3.39. The molecular weight excluding hydrogens is 170 g/mol. The van der Waals surface area contributed by atoms with Gasteiger partial charge in [0.15, 0.2) is 5.69 Å². The minimum atomic E-state index is -0.212. The molecule has 0 saturated heterocycles. The van der Waals surface area contributed by atoms with Crippen LogP contribution in [0.15, 0.2) is 6.20 Å². The molecule has 0 saturated carbocycles. The average molecular weight is 183 g/mol. The lowest BCUT2D eigenvalue weighted by Crippen LogP contribution is -2.37. The molecule has 0 bridgehead atoms. The fourth-order valence-corrected chi connectivity index (χ4v) is 0.749. The second kappa shape index (κ2) is 4.56. The Bertz CT molecular complexity index is 258. The third-order valence-electron chi connectivity index (χ3n) is 1.71. The molecule has 6 heteroatoms. The summed E-state index contributed by atoms with van der Waals surface area (Å²) in [6.07, 6.45) is 1.39. The number of likely N-dealkylation sites (N-methyl/N-ethyl adjacent to an activating group) is 1. The van der Waals surface area contributed by atoms with Gasteiger partial charge >= 0.3 is 0 Å². The summed E-state index contributed by atoms with van der Waals surface area (Å²) < 4.78 is 0. The molecule has 3 N–H and O–H groups in total. The largest absolute Gasteiger partial charge is 0.349 e. The van der Waals surface area contributed by atoms with E-state index in [1.807, 2.05) is 14.0 Å². The van der Waals surface area contributed by atoms with E-state index in [2.05, 4.69) is 26.0 Å². The molecule has 0 radical (unpaired) electrons. The van der Waals surface area contributed by atoms with Crippen LogP contribution >= 0.6 is 0 Å². The highest BCUT2D eigenvalue weighted by Gasteiger charge is 2.08. The number of amides is 1. The van der Waals surface area contributed by atoms with Crippen molar-refractivity contribution < 1.29 is 4.79 Å². The van der Waals surface area contributed by atoms with Gasteiger partial charge in [-0.05, 0) is 14.0 Å². The fourth-order valence-electron chi connectivity index (χ4n) is 0.749. The first kappa shape index (κ1) is 9.66. The van der Waals surface area contributed by atoms with Gasteiger partial charge in [-0.1, -0.05) is 0 Å². The zero-order valence-electron chi connectivity index (χ0n) is 7.66. The van der Waals surface area contributed by atoms with Crippen LogP contribution in [0.2, 0.25) is 0 Å². The number of carbonyl (C=O) groups is 1. The summed E-state index contributed by atoms with van der Waals surface area (Å²) in [5.74, 6) is -0.212. The van der Waals surface area contributed by atoms with Gasteiger partial charge in [0.1, 0.15) is 0 Å². The predicted molar refractivity (Wildman–Crippen MR) is 47.2 cm³/mol. The zero-order chi connectivity index (χ0) is 9.68. The second-order valence-electron chi connectivity index (χ2n) is 2.75. The van der Waals surface area contributed by atoms with Crippen LogP contribution in [-0.2, 0) is 0 Å². The Morgan fingerprint density at radius 1 is 1.77 bits per heavy atom. The molecule has 13 heavy (non-hydrogen) atoms. The van der Waals surface area contributed by atoms with E-state index in [4.69, 9.17) is 0 Å². The number of hydrogen-bond acceptors (Lipinski definition) is 4. The standard InChI is InChI=1S/C7H13N5O/c1-5(8-2)3-9-7(13)6-4-10-12-11-6/h4-5,8H,3H2,1-2H3,(H,9,13)(H,10,11,12). The molecule has 0 fully saturated rings. The number of H-pyrrole nitrogens is 1. The average Bonchev–Trinajstić information content (AvgIpc) is 2.66. The van der Waals surface area contributed by atoms with E-state index >= 15 is 0 Å². The second-order valence-corrected chi connectivity index (χ2v) is 2.75. The van der Waals surface area contributed by atoms with Crippen molar-refractivity contribution in [3.8, 4) is 0 Å². The fraction of sp³-hybridized carbons (Fsp3) is 0.571. The highest BCUT2D eigenvalue weighted by Crippen LogP contribution is 1.87. The van der Waals surface area contributed by atoms with Crippen molar-refractivity contribution in [2.45, 2.75) is 13.0 Å². The Hall–Kier alpha value is -1.43. The van der Waals surface area contributed by atoms with Crippen LogP contribution < -0.4 is 10.6 Å². The lowest BCUT2D eigenvalue weighted by atomic mass is 10.3. The Labute approximate surface area is 76.1 Å². The van der Waals surface area contributed by atoms with Gasteiger partial charge in [-0.15, -0.1) is 0 Å². The van der Waals surface area contributed by atoms with E-state index in [1.54, 1.807) is 0 Å². The smallest absolute Gasteiger partial charge is 0.273 e. The number of aromatic nitrogens is 3. The molecule has 0 aliphatic rings. The van der Waals surface area contributed by atoms with E-state index in [0.29, 0.717) is 12.2 Å². The highest BCUT2D eigenvalue weighted by atomic mass is 16.1. The molecule has 0 spiro atoms. The number of nitrogens with zero attached hydrogens (tertiary/aromatic N) is 2. The van der Waals surface area contributed by atoms with E-state index in [0.717, 1.165) is 0 Å². The minimum absolute atomic E-state index is 0.212. The summed E-state index contributed by atoms with van der Waals surface area (Å²) >= 11 is 0. The van der Waals surface area contributed by atoms with Gasteiger partial charge in [0, 0.05) is 12.6 Å². The maximum absolute atomic E-state index is 11.3. The van der Waals surface area contributed by atoms with Crippen LogP contribution in [0.4, 0.5) is 0 Å². The minimum Gasteiger partial charge on any atom is -0.349 e. The highest BCUT2D eigenvalue weighted by molar-refractivity contribution is 5.91. The van der Waals surface area contributed by atoms with E-state index in [9.17, 15) is 4.79 Å². The zero-order valence-corrected chi connectivity index (χ0v) is 7.66. The Morgan fingerprint density at radius 2 is 2.54 bits per heavy atom. The molecule has 1 aromatic heterocycles. The monoisotopic (exact) mass is 183 g/mol. The van der Waals surface area contributed by atoms with Crippen LogP contribution in [0.3, 0.4) is 0 Å². The maximum atomic E-state index is 11.3. The molecular formula is C7H13N5O. The van der Waals surface area contributed by atoms with E-state index in [-0.39, 0.29) is 11.9 Å². The molecule has 1 unspecified atom stereocenters.